The van der Waals surface area contributed by atoms with Gasteiger partial charge in [0.05, 0.1) is 6.10 Å². The Balaban J connectivity index is 2.61. The number of aliphatic hydroxyl groups is 1. The van der Waals surface area contributed by atoms with Crippen LogP contribution in [0.4, 0.5) is 0 Å². The molecule has 18 heavy (non-hydrogen) atoms. The van der Waals surface area contributed by atoms with E-state index in [1.54, 1.807) is 0 Å². The summed E-state index contributed by atoms with van der Waals surface area (Å²) < 4.78 is 1.84. The monoisotopic (exact) mass is 252 g/mol. The average molecular weight is 252 g/mol. The molecule has 0 saturated carbocycles. The third kappa shape index (κ3) is 3.88. The van der Waals surface area contributed by atoms with Crippen LogP contribution in [0.25, 0.3) is 0 Å². The Morgan fingerprint density at radius 3 is 2.61 bits per heavy atom. The molecule has 0 radical (unpaired) electrons. The van der Waals surface area contributed by atoms with E-state index in [0.29, 0.717) is 6.54 Å². The molecule has 0 aromatic carbocycles. The lowest BCUT2D eigenvalue weighted by atomic mass is 10.1. The molecule has 0 aliphatic rings. The summed E-state index contributed by atoms with van der Waals surface area (Å²) in [5.74, 6) is 0.118. The molecule has 4 nitrogen and oxygen atoms in total. The zero-order valence-electron chi connectivity index (χ0n) is 11.6. The van der Waals surface area contributed by atoms with Gasteiger partial charge in [-0.15, -0.1) is 0 Å². The third-order valence-corrected chi connectivity index (χ3v) is 3.15. The molecule has 0 bridgehead atoms. The van der Waals surface area contributed by atoms with Crippen LogP contribution in [-0.4, -0.2) is 33.6 Å². The lowest BCUT2D eigenvalue weighted by molar-refractivity contribution is -0.131. The predicted octanol–water partition coefficient (Wildman–Crippen LogP) is 2.19. The highest BCUT2D eigenvalue weighted by Gasteiger charge is 2.12. The minimum absolute atomic E-state index is 0.118. The quantitative estimate of drug-likeness (QED) is 0.808. The summed E-state index contributed by atoms with van der Waals surface area (Å²) in [6.07, 6.45) is 5.01. The summed E-state index contributed by atoms with van der Waals surface area (Å²) in [4.78, 5) is 13.7. The Kier molecular flexibility index (Phi) is 5.92. The number of hydrogen-bond acceptors (Lipinski definition) is 2. The van der Waals surface area contributed by atoms with Crippen molar-refractivity contribution in [1.82, 2.24) is 9.47 Å². The highest BCUT2D eigenvalue weighted by atomic mass is 16.3. The molecule has 1 amide bonds. The SMILES string of the molecule is CCCC(O)c1ccn(CC(=O)N(CC)CC)c1. The molecule has 102 valence electrons. The molecule has 1 aromatic heterocycles. The Hall–Kier alpha value is -1.29. The van der Waals surface area contributed by atoms with Gasteiger partial charge in [-0.3, -0.25) is 4.79 Å². The first-order valence-electron chi connectivity index (χ1n) is 6.73. The van der Waals surface area contributed by atoms with E-state index in [-0.39, 0.29) is 5.91 Å². The summed E-state index contributed by atoms with van der Waals surface area (Å²) in [6, 6.07) is 1.88. The molecule has 1 heterocycles. The molecule has 0 aliphatic heterocycles. The van der Waals surface area contributed by atoms with Gasteiger partial charge in [-0.2, -0.15) is 0 Å². The van der Waals surface area contributed by atoms with Gasteiger partial charge in [0.25, 0.3) is 0 Å². The zero-order chi connectivity index (χ0) is 13.5. The summed E-state index contributed by atoms with van der Waals surface area (Å²) >= 11 is 0. The molecule has 1 unspecified atom stereocenters. The maximum absolute atomic E-state index is 11.9. The Morgan fingerprint density at radius 1 is 1.39 bits per heavy atom. The van der Waals surface area contributed by atoms with Crippen LogP contribution in [0.15, 0.2) is 18.5 Å². The van der Waals surface area contributed by atoms with E-state index in [0.717, 1.165) is 31.5 Å². The number of rotatable bonds is 7. The number of aliphatic hydroxyl groups excluding tert-OH is 1. The summed E-state index contributed by atoms with van der Waals surface area (Å²) in [7, 11) is 0. The van der Waals surface area contributed by atoms with Gasteiger partial charge in [-0.25, -0.2) is 0 Å². The highest BCUT2D eigenvalue weighted by Crippen LogP contribution is 2.18. The number of carbonyl (C=O) groups excluding carboxylic acids is 1. The lowest BCUT2D eigenvalue weighted by Gasteiger charge is -2.18. The van der Waals surface area contributed by atoms with Gasteiger partial charge in [0.2, 0.25) is 5.91 Å². The van der Waals surface area contributed by atoms with Gasteiger partial charge < -0.3 is 14.6 Å². The average Bonchev–Trinajstić information content (AvgIpc) is 2.79. The smallest absolute Gasteiger partial charge is 0.242 e. The molecule has 4 heteroatoms. The van der Waals surface area contributed by atoms with Crippen LogP contribution < -0.4 is 0 Å². The van der Waals surface area contributed by atoms with Crippen molar-refractivity contribution in [1.29, 1.82) is 0 Å². The zero-order valence-corrected chi connectivity index (χ0v) is 11.6. The van der Waals surface area contributed by atoms with Crippen LogP contribution in [0.5, 0.6) is 0 Å². The molecular formula is C14H24N2O2. The standard InChI is InChI=1S/C14H24N2O2/c1-4-7-13(17)12-8-9-15(10-12)11-14(18)16(5-2)6-3/h8-10,13,17H,4-7,11H2,1-3H3. The van der Waals surface area contributed by atoms with Gasteiger partial charge in [-0.1, -0.05) is 13.3 Å². The van der Waals surface area contributed by atoms with Crippen molar-refractivity contribution >= 4 is 5.91 Å². The van der Waals surface area contributed by atoms with Gasteiger partial charge in [0.15, 0.2) is 0 Å². The van der Waals surface area contributed by atoms with Crippen molar-refractivity contribution in [2.45, 2.75) is 46.3 Å². The predicted molar refractivity (Wildman–Crippen MR) is 72.2 cm³/mol. The maximum Gasteiger partial charge on any atom is 0.242 e. The second-order valence-corrected chi connectivity index (χ2v) is 4.49. The minimum Gasteiger partial charge on any atom is -0.388 e. The number of carbonyl (C=O) groups is 1. The Morgan fingerprint density at radius 2 is 2.06 bits per heavy atom. The molecule has 1 N–H and O–H groups in total. The second-order valence-electron chi connectivity index (χ2n) is 4.49. The van der Waals surface area contributed by atoms with Crippen molar-refractivity contribution in [3.05, 3.63) is 24.0 Å². The number of amides is 1. The molecular weight excluding hydrogens is 228 g/mol. The largest absolute Gasteiger partial charge is 0.388 e. The topological polar surface area (TPSA) is 45.5 Å². The number of nitrogens with zero attached hydrogens (tertiary/aromatic N) is 2. The maximum atomic E-state index is 11.9. The molecule has 0 saturated heterocycles. The van der Waals surface area contributed by atoms with E-state index in [4.69, 9.17) is 0 Å². The molecule has 1 rings (SSSR count). The van der Waals surface area contributed by atoms with Crippen molar-refractivity contribution < 1.29 is 9.90 Å². The van der Waals surface area contributed by atoms with Crippen molar-refractivity contribution in [3.8, 4) is 0 Å². The van der Waals surface area contributed by atoms with E-state index >= 15 is 0 Å². The summed E-state index contributed by atoms with van der Waals surface area (Å²) in [6.45, 7) is 7.83. The van der Waals surface area contributed by atoms with E-state index < -0.39 is 6.10 Å². The van der Waals surface area contributed by atoms with E-state index in [9.17, 15) is 9.90 Å². The van der Waals surface area contributed by atoms with Crippen molar-refractivity contribution in [3.63, 3.8) is 0 Å². The summed E-state index contributed by atoms with van der Waals surface area (Å²) in [5.41, 5.74) is 0.893. The van der Waals surface area contributed by atoms with Gasteiger partial charge in [-0.05, 0) is 31.9 Å². The third-order valence-electron chi connectivity index (χ3n) is 3.15. The molecule has 0 aliphatic carbocycles. The normalized spacial score (nSPS) is 12.4. The van der Waals surface area contributed by atoms with Crippen LogP contribution in [-0.2, 0) is 11.3 Å². The summed E-state index contributed by atoms with van der Waals surface area (Å²) in [5, 5.41) is 9.86. The Labute approximate surface area is 109 Å². The van der Waals surface area contributed by atoms with E-state index in [2.05, 4.69) is 0 Å². The van der Waals surface area contributed by atoms with E-state index in [1.807, 2.05) is 48.7 Å². The number of aromatic nitrogens is 1. The molecule has 0 spiro atoms. The van der Waals surface area contributed by atoms with Crippen LogP contribution in [0.1, 0.15) is 45.3 Å². The first-order chi connectivity index (χ1) is 8.62. The van der Waals surface area contributed by atoms with Gasteiger partial charge in [0, 0.05) is 25.5 Å². The van der Waals surface area contributed by atoms with Crippen LogP contribution >= 0.6 is 0 Å². The minimum atomic E-state index is -0.417. The molecule has 0 fully saturated rings. The van der Waals surface area contributed by atoms with Crippen LogP contribution in [0.3, 0.4) is 0 Å². The first-order valence-corrected chi connectivity index (χ1v) is 6.73. The second kappa shape index (κ2) is 7.21. The lowest BCUT2D eigenvalue weighted by Crippen LogP contribution is -2.33. The van der Waals surface area contributed by atoms with Gasteiger partial charge >= 0.3 is 0 Å². The van der Waals surface area contributed by atoms with Gasteiger partial charge in [0.1, 0.15) is 6.54 Å². The highest BCUT2D eigenvalue weighted by molar-refractivity contribution is 5.75. The molecule has 1 aromatic rings. The fourth-order valence-electron chi connectivity index (χ4n) is 2.03. The molecule has 1 atom stereocenters. The first kappa shape index (κ1) is 14.8. The van der Waals surface area contributed by atoms with Crippen molar-refractivity contribution in [2.75, 3.05) is 13.1 Å². The van der Waals surface area contributed by atoms with E-state index in [1.165, 1.54) is 0 Å². The van der Waals surface area contributed by atoms with Crippen LogP contribution in [0.2, 0.25) is 0 Å². The fraction of sp³-hybridized carbons (Fsp3) is 0.643. The number of hydrogen-bond donors (Lipinski definition) is 1. The van der Waals surface area contributed by atoms with Crippen molar-refractivity contribution in [2.24, 2.45) is 0 Å². The fourth-order valence-corrected chi connectivity index (χ4v) is 2.03. The van der Waals surface area contributed by atoms with Crippen LogP contribution in [0, 0.1) is 0 Å². The Bertz CT molecular complexity index is 370. The number of likely N-dealkylation sites (N-methyl/N-ethyl adjacent to an activating group) is 1.